The van der Waals surface area contributed by atoms with Gasteiger partial charge in [0.2, 0.25) is 5.95 Å². The number of hydrazine groups is 1. The highest BCUT2D eigenvalue weighted by Gasteiger charge is 2.11. The highest BCUT2D eigenvalue weighted by Crippen LogP contribution is 2.19. The van der Waals surface area contributed by atoms with Crippen molar-refractivity contribution in [1.82, 2.24) is 25.1 Å². The Kier molecular flexibility index (Phi) is 3.93. The molecule has 0 aliphatic carbocycles. The lowest BCUT2D eigenvalue weighted by molar-refractivity contribution is 0.237. The van der Waals surface area contributed by atoms with Gasteiger partial charge in [-0.3, -0.25) is 10.5 Å². The van der Waals surface area contributed by atoms with Crippen molar-refractivity contribution in [2.75, 3.05) is 36.9 Å². The molecule has 1 fully saturated rings. The SMILES string of the molecule is NNc1nc(NCCN2CCCCC2)c2cn[nH]c2n1. The third-order valence-corrected chi connectivity index (χ3v) is 3.61. The van der Waals surface area contributed by atoms with Gasteiger partial charge in [-0.1, -0.05) is 6.42 Å². The molecule has 1 saturated heterocycles. The van der Waals surface area contributed by atoms with E-state index in [-0.39, 0.29) is 0 Å². The van der Waals surface area contributed by atoms with E-state index >= 15 is 0 Å². The van der Waals surface area contributed by atoms with Crippen LogP contribution in [0.2, 0.25) is 0 Å². The lowest BCUT2D eigenvalue weighted by atomic mass is 10.1. The van der Waals surface area contributed by atoms with Crippen molar-refractivity contribution in [3.63, 3.8) is 0 Å². The Balaban J connectivity index is 1.65. The summed E-state index contributed by atoms with van der Waals surface area (Å²) in [5.74, 6) is 6.51. The zero-order valence-corrected chi connectivity index (χ0v) is 11.4. The number of nitrogens with two attached hydrogens (primary N) is 1. The first kappa shape index (κ1) is 13.1. The van der Waals surface area contributed by atoms with Crippen LogP contribution in [0.15, 0.2) is 6.20 Å². The predicted molar refractivity (Wildman–Crippen MR) is 78.3 cm³/mol. The third-order valence-electron chi connectivity index (χ3n) is 3.61. The molecule has 1 aliphatic heterocycles. The van der Waals surface area contributed by atoms with Gasteiger partial charge in [-0.2, -0.15) is 15.1 Å². The zero-order chi connectivity index (χ0) is 13.8. The monoisotopic (exact) mass is 276 g/mol. The number of rotatable bonds is 5. The molecule has 108 valence electrons. The van der Waals surface area contributed by atoms with Gasteiger partial charge < -0.3 is 10.2 Å². The van der Waals surface area contributed by atoms with Crippen LogP contribution in [-0.2, 0) is 0 Å². The molecule has 0 amide bonds. The van der Waals surface area contributed by atoms with Crippen molar-refractivity contribution < 1.29 is 0 Å². The molecule has 0 unspecified atom stereocenters. The fraction of sp³-hybridized carbons (Fsp3) is 0.583. The Bertz CT molecular complexity index is 560. The summed E-state index contributed by atoms with van der Waals surface area (Å²) in [6, 6.07) is 0. The minimum Gasteiger partial charge on any atom is -0.368 e. The molecule has 2 aromatic heterocycles. The molecule has 2 aromatic rings. The first-order valence-corrected chi connectivity index (χ1v) is 7.01. The number of hydrogen-bond acceptors (Lipinski definition) is 7. The fourth-order valence-electron chi connectivity index (χ4n) is 2.55. The zero-order valence-electron chi connectivity index (χ0n) is 11.4. The van der Waals surface area contributed by atoms with E-state index in [0.717, 1.165) is 24.3 Å². The number of nitrogens with zero attached hydrogens (tertiary/aromatic N) is 4. The van der Waals surface area contributed by atoms with Crippen LogP contribution in [0.1, 0.15) is 19.3 Å². The van der Waals surface area contributed by atoms with E-state index in [0.29, 0.717) is 11.6 Å². The van der Waals surface area contributed by atoms with Gasteiger partial charge in [-0.25, -0.2) is 5.84 Å². The minimum absolute atomic E-state index is 0.377. The molecule has 5 N–H and O–H groups in total. The number of piperidine rings is 1. The number of anilines is 2. The van der Waals surface area contributed by atoms with Crippen LogP contribution >= 0.6 is 0 Å². The van der Waals surface area contributed by atoms with Crippen molar-refractivity contribution in [1.29, 1.82) is 0 Å². The average molecular weight is 276 g/mol. The van der Waals surface area contributed by atoms with Gasteiger partial charge in [0.15, 0.2) is 5.65 Å². The van der Waals surface area contributed by atoms with Crippen LogP contribution < -0.4 is 16.6 Å². The second-order valence-corrected chi connectivity index (χ2v) is 5.00. The molecule has 8 nitrogen and oxygen atoms in total. The van der Waals surface area contributed by atoms with Crippen molar-refractivity contribution in [2.24, 2.45) is 5.84 Å². The standard InChI is InChI=1S/C12H20N8/c13-18-12-16-10(9-8-15-19-11(9)17-12)14-4-7-20-5-2-1-3-6-20/h8H,1-7,13H2,(H3,14,15,16,17,18,19). The lowest BCUT2D eigenvalue weighted by Gasteiger charge is -2.26. The third kappa shape index (κ3) is 2.81. The summed E-state index contributed by atoms with van der Waals surface area (Å²) < 4.78 is 0. The number of H-pyrrole nitrogens is 1. The van der Waals surface area contributed by atoms with E-state index in [1.54, 1.807) is 6.20 Å². The molecular formula is C12H20N8. The Labute approximate surface area is 117 Å². The summed E-state index contributed by atoms with van der Waals surface area (Å²) >= 11 is 0. The highest BCUT2D eigenvalue weighted by atomic mass is 15.3. The van der Waals surface area contributed by atoms with E-state index in [1.807, 2.05) is 0 Å². The smallest absolute Gasteiger partial charge is 0.241 e. The summed E-state index contributed by atoms with van der Waals surface area (Å²) in [4.78, 5) is 11.0. The van der Waals surface area contributed by atoms with Gasteiger partial charge in [-0.15, -0.1) is 0 Å². The second kappa shape index (κ2) is 6.02. The first-order chi connectivity index (χ1) is 9.86. The van der Waals surface area contributed by atoms with Gasteiger partial charge >= 0.3 is 0 Å². The summed E-state index contributed by atoms with van der Waals surface area (Å²) in [5, 5.41) is 11.0. The maximum atomic E-state index is 5.38. The van der Waals surface area contributed by atoms with Gasteiger partial charge in [0.05, 0.1) is 11.6 Å². The van der Waals surface area contributed by atoms with Crippen molar-refractivity contribution >= 4 is 22.8 Å². The van der Waals surface area contributed by atoms with E-state index in [9.17, 15) is 0 Å². The van der Waals surface area contributed by atoms with Crippen LogP contribution in [0, 0.1) is 0 Å². The number of hydrogen-bond donors (Lipinski definition) is 4. The Morgan fingerprint density at radius 1 is 1.25 bits per heavy atom. The second-order valence-electron chi connectivity index (χ2n) is 5.00. The Morgan fingerprint density at radius 3 is 2.90 bits per heavy atom. The van der Waals surface area contributed by atoms with Crippen molar-refractivity contribution in [3.05, 3.63) is 6.20 Å². The molecule has 8 heteroatoms. The molecule has 0 saturated carbocycles. The molecule has 3 rings (SSSR count). The summed E-state index contributed by atoms with van der Waals surface area (Å²) in [6.45, 7) is 4.26. The molecule has 0 bridgehead atoms. The number of likely N-dealkylation sites (tertiary alicyclic amines) is 1. The van der Waals surface area contributed by atoms with E-state index < -0.39 is 0 Å². The molecule has 3 heterocycles. The molecular weight excluding hydrogens is 256 g/mol. The molecule has 20 heavy (non-hydrogen) atoms. The van der Waals surface area contributed by atoms with Gasteiger partial charge in [0, 0.05) is 13.1 Å². The minimum atomic E-state index is 0.377. The molecule has 0 aromatic carbocycles. The molecule has 0 atom stereocenters. The lowest BCUT2D eigenvalue weighted by Crippen LogP contribution is -2.33. The summed E-state index contributed by atoms with van der Waals surface area (Å²) in [6.07, 6.45) is 5.69. The molecule has 1 aliphatic rings. The van der Waals surface area contributed by atoms with Crippen LogP contribution in [0.3, 0.4) is 0 Å². The predicted octanol–water partition coefficient (Wildman–Crippen LogP) is 0.536. The topological polar surface area (TPSA) is 108 Å². The summed E-state index contributed by atoms with van der Waals surface area (Å²) in [7, 11) is 0. The maximum absolute atomic E-state index is 5.38. The van der Waals surface area contributed by atoms with Crippen LogP contribution in [-0.4, -0.2) is 51.2 Å². The Morgan fingerprint density at radius 2 is 2.10 bits per heavy atom. The number of nitrogens with one attached hydrogen (secondary N) is 3. The van der Waals surface area contributed by atoms with Crippen molar-refractivity contribution in [2.45, 2.75) is 19.3 Å². The summed E-state index contributed by atoms with van der Waals surface area (Å²) in [5.41, 5.74) is 3.14. The van der Waals surface area contributed by atoms with Gasteiger partial charge in [0.1, 0.15) is 5.82 Å². The first-order valence-electron chi connectivity index (χ1n) is 7.01. The molecule has 0 spiro atoms. The van der Waals surface area contributed by atoms with Gasteiger partial charge in [-0.05, 0) is 25.9 Å². The Hall–Kier alpha value is -1.93. The fourth-order valence-corrected chi connectivity index (χ4v) is 2.55. The van der Waals surface area contributed by atoms with Crippen LogP contribution in [0.25, 0.3) is 11.0 Å². The van der Waals surface area contributed by atoms with Crippen LogP contribution in [0.5, 0.6) is 0 Å². The number of fused-ring (bicyclic) bond motifs is 1. The molecule has 0 radical (unpaired) electrons. The van der Waals surface area contributed by atoms with E-state index in [4.69, 9.17) is 5.84 Å². The van der Waals surface area contributed by atoms with Crippen molar-refractivity contribution in [3.8, 4) is 0 Å². The van der Waals surface area contributed by atoms with E-state index in [2.05, 4.69) is 35.8 Å². The van der Waals surface area contributed by atoms with E-state index in [1.165, 1.54) is 32.4 Å². The van der Waals surface area contributed by atoms with Crippen LogP contribution in [0.4, 0.5) is 11.8 Å². The largest absolute Gasteiger partial charge is 0.368 e. The number of aromatic amines is 1. The number of aromatic nitrogens is 4. The number of nitrogen functional groups attached to an aromatic ring is 1. The maximum Gasteiger partial charge on any atom is 0.241 e. The van der Waals surface area contributed by atoms with Gasteiger partial charge in [0.25, 0.3) is 0 Å². The average Bonchev–Trinajstić information content (AvgIpc) is 2.96. The normalized spacial score (nSPS) is 16.4. The quantitative estimate of drug-likeness (QED) is 0.466. The highest BCUT2D eigenvalue weighted by molar-refractivity contribution is 5.86.